The van der Waals surface area contributed by atoms with Gasteiger partial charge in [0.2, 0.25) is 0 Å². The Bertz CT molecular complexity index is 712. The van der Waals surface area contributed by atoms with Crippen LogP contribution >= 0.6 is 31.3 Å². The largest absolute Gasteiger partial charge is 0.470 e. The van der Waals surface area contributed by atoms with Gasteiger partial charge in [-0.3, -0.25) is 18.1 Å². The molecule has 0 aliphatic carbocycles. The van der Waals surface area contributed by atoms with Crippen LogP contribution in [0.5, 0.6) is 0 Å². The van der Waals surface area contributed by atoms with Gasteiger partial charge in [-0.05, 0) is 0 Å². The van der Waals surface area contributed by atoms with Crippen LogP contribution in [0.4, 0.5) is 0 Å². The SMILES string of the molecule is O=P(O)(O)OC[C@H]1O[C@H](O)[C@H](OP(=O)(O)O)[C@@H](OP(=O)(O)O)[C@H]1OP(=O)(O)O. The number of aliphatic hydroxyl groups excluding tert-OH is 1. The summed E-state index contributed by atoms with van der Waals surface area (Å²) >= 11 is 0. The van der Waals surface area contributed by atoms with Crippen LogP contribution in [-0.4, -0.2) is 81.6 Å². The standard InChI is InChI=1S/C6H16O18P4/c7-6-5(24-28(17,18)19)4(23-27(14,15)16)3(22-26(11,12)13)2(21-6)1-20-25(8,9)10/h2-7H,1H2,(H2,8,9,10)(H2,11,12,13)(H2,14,15,16)(H2,17,18,19)/t2-,3+,4+,5-,6+/m1/s1. The zero-order valence-electron chi connectivity index (χ0n) is 13.1. The highest BCUT2D eigenvalue weighted by atomic mass is 31.2. The minimum absolute atomic E-state index is 1.27. The molecule has 1 heterocycles. The van der Waals surface area contributed by atoms with E-state index in [1.54, 1.807) is 0 Å². The number of hydrogen-bond acceptors (Lipinski definition) is 10. The monoisotopic (exact) mass is 500 g/mol. The van der Waals surface area contributed by atoms with E-state index in [9.17, 15) is 23.4 Å². The Morgan fingerprint density at radius 1 is 0.643 bits per heavy atom. The molecule has 1 fully saturated rings. The predicted octanol–water partition coefficient (Wildman–Crippen LogP) is -2.75. The highest BCUT2D eigenvalue weighted by Gasteiger charge is 2.54. The van der Waals surface area contributed by atoms with Crippen LogP contribution in [0.2, 0.25) is 0 Å². The molecule has 0 aromatic carbocycles. The first kappa shape index (κ1) is 26.4. The fourth-order valence-electron chi connectivity index (χ4n) is 2.03. The lowest BCUT2D eigenvalue weighted by Gasteiger charge is -2.43. The van der Waals surface area contributed by atoms with Crippen molar-refractivity contribution in [1.29, 1.82) is 0 Å². The average molecular weight is 500 g/mol. The number of ether oxygens (including phenoxy) is 1. The van der Waals surface area contributed by atoms with Crippen LogP contribution in [-0.2, 0) is 41.1 Å². The maximum Gasteiger partial charge on any atom is 0.470 e. The van der Waals surface area contributed by atoms with Gasteiger partial charge < -0.3 is 49.0 Å². The number of phosphoric ester groups is 4. The summed E-state index contributed by atoms with van der Waals surface area (Å²) in [5, 5.41) is 9.79. The van der Waals surface area contributed by atoms with Gasteiger partial charge in [-0.2, -0.15) is 0 Å². The van der Waals surface area contributed by atoms with Gasteiger partial charge in [-0.1, -0.05) is 0 Å². The molecular weight excluding hydrogens is 484 g/mol. The highest BCUT2D eigenvalue weighted by molar-refractivity contribution is 7.47. The minimum atomic E-state index is -5.57. The third-order valence-electron chi connectivity index (χ3n) is 2.79. The van der Waals surface area contributed by atoms with E-state index in [2.05, 4.69) is 22.8 Å². The van der Waals surface area contributed by atoms with Crippen LogP contribution in [0.3, 0.4) is 0 Å². The first-order chi connectivity index (χ1) is 12.3. The number of rotatable bonds is 9. The molecule has 0 saturated carbocycles. The van der Waals surface area contributed by atoms with Gasteiger partial charge in [0.05, 0.1) is 6.61 Å². The van der Waals surface area contributed by atoms with E-state index in [1.165, 1.54) is 0 Å². The van der Waals surface area contributed by atoms with Crippen molar-refractivity contribution in [3.8, 4) is 0 Å². The molecule has 168 valence electrons. The van der Waals surface area contributed by atoms with Crippen molar-refractivity contribution in [3.05, 3.63) is 0 Å². The molecule has 0 aromatic heterocycles. The maximum atomic E-state index is 11.1. The fraction of sp³-hybridized carbons (Fsp3) is 1.00. The molecule has 0 amide bonds. The van der Waals surface area contributed by atoms with Crippen LogP contribution in [0.25, 0.3) is 0 Å². The summed E-state index contributed by atoms with van der Waals surface area (Å²) in [5.41, 5.74) is 0. The van der Waals surface area contributed by atoms with Gasteiger partial charge in [0.1, 0.15) is 24.4 Å². The first-order valence-electron chi connectivity index (χ1n) is 6.53. The quantitative estimate of drug-likeness (QED) is 0.145. The molecule has 0 spiro atoms. The van der Waals surface area contributed by atoms with Crippen molar-refractivity contribution < 1.29 is 85.3 Å². The Labute approximate surface area is 154 Å². The van der Waals surface area contributed by atoms with E-state index in [4.69, 9.17) is 39.1 Å². The van der Waals surface area contributed by atoms with Crippen LogP contribution in [0, 0.1) is 0 Å². The van der Waals surface area contributed by atoms with Gasteiger partial charge in [0.15, 0.2) is 6.29 Å². The maximum absolute atomic E-state index is 11.1. The summed E-state index contributed by atoms with van der Waals surface area (Å²) in [5.74, 6) is 0. The Morgan fingerprint density at radius 3 is 1.43 bits per heavy atom. The molecule has 5 atom stereocenters. The summed E-state index contributed by atoms with van der Waals surface area (Å²) in [6, 6.07) is 0. The molecule has 0 radical (unpaired) electrons. The Morgan fingerprint density at radius 2 is 1.04 bits per heavy atom. The van der Waals surface area contributed by atoms with Gasteiger partial charge in [-0.25, -0.2) is 18.3 Å². The molecule has 1 aliphatic heterocycles. The molecular formula is C6H16O18P4. The zero-order valence-corrected chi connectivity index (χ0v) is 16.7. The van der Waals surface area contributed by atoms with Crippen LogP contribution in [0.15, 0.2) is 0 Å². The Hall–Kier alpha value is 0.360. The second-order valence-corrected chi connectivity index (χ2v) is 9.85. The van der Waals surface area contributed by atoms with Crippen molar-refractivity contribution in [2.75, 3.05) is 6.61 Å². The molecule has 18 nitrogen and oxygen atoms in total. The third-order valence-corrected chi connectivity index (χ3v) is 4.83. The molecule has 1 saturated heterocycles. The topological polar surface area (TPSA) is 296 Å². The lowest BCUT2D eigenvalue weighted by atomic mass is 9.99. The molecule has 9 N–H and O–H groups in total. The molecule has 1 aliphatic rings. The van der Waals surface area contributed by atoms with Gasteiger partial charge >= 0.3 is 31.3 Å². The van der Waals surface area contributed by atoms with Crippen LogP contribution < -0.4 is 0 Å². The minimum Gasteiger partial charge on any atom is -0.366 e. The van der Waals surface area contributed by atoms with Gasteiger partial charge in [0.25, 0.3) is 0 Å². The van der Waals surface area contributed by atoms with E-state index in [0.717, 1.165) is 0 Å². The van der Waals surface area contributed by atoms with E-state index < -0.39 is 68.6 Å². The first-order valence-corrected chi connectivity index (χ1v) is 12.6. The lowest BCUT2D eigenvalue weighted by Crippen LogP contribution is -2.60. The Balaban J connectivity index is 3.34. The fourth-order valence-corrected chi connectivity index (χ4v) is 4.05. The summed E-state index contributed by atoms with van der Waals surface area (Å²) in [4.78, 5) is 70.9. The summed E-state index contributed by atoms with van der Waals surface area (Å²) < 4.78 is 65.2. The van der Waals surface area contributed by atoms with E-state index >= 15 is 0 Å². The van der Waals surface area contributed by atoms with Gasteiger partial charge in [0, 0.05) is 0 Å². The molecule has 22 heteroatoms. The smallest absolute Gasteiger partial charge is 0.366 e. The number of hydrogen-bond donors (Lipinski definition) is 9. The van der Waals surface area contributed by atoms with Crippen molar-refractivity contribution in [1.82, 2.24) is 0 Å². The van der Waals surface area contributed by atoms with Crippen molar-refractivity contribution in [2.24, 2.45) is 0 Å². The zero-order chi connectivity index (χ0) is 22.1. The second-order valence-electron chi connectivity index (χ2n) is 5.03. The van der Waals surface area contributed by atoms with Crippen LogP contribution in [0.1, 0.15) is 0 Å². The third kappa shape index (κ3) is 9.91. The Kier molecular flexibility index (Phi) is 8.71. The second kappa shape index (κ2) is 9.24. The molecule has 0 aromatic rings. The average Bonchev–Trinajstić information content (AvgIpc) is 2.39. The molecule has 1 rings (SSSR count). The predicted molar refractivity (Wildman–Crippen MR) is 79.6 cm³/mol. The summed E-state index contributed by atoms with van der Waals surface area (Å²) in [6.07, 6.45) is -11.9. The summed E-state index contributed by atoms with van der Waals surface area (Å²) in [6.45, 7) is -1.27. The number of aliphatic hydroxyl groups is 1. The van der Waals surface area contributed by atoms with Crippen molar-refractivity contribution >= 4 is 31.3 Å². The van der Waals surface area contributed by atoms with E-state index in [-0.39, 0.29) is 0 Å². The molecule has 28 heavy (non-hydrogen) atoms. The van der Waals surface area contributed by atoms with E-state index in [1.807, 2.05) is 0 Å². The molecule has 0 unspecified atom stereocenters. The summed E-state index contributed by atoms with van der Waals surface area (Å²) in [7, 11) is -21.8. The highest BCUT2D eigenvalue weighted by Crippen LogP contribution is 2.50. The normalized spacial score (nSPS) is 30.4. The van der Waals surface area contributed by atoms with Gasteiger partial charge in [-0.15, -0.1) is 0 Å². The number of phosphoric acid groups is 4. The lowest BCUT2D eigenvalue weighted by molar-refractivity contribution is -0.276. The van der Waals surface area contributed by atoms with E-state index in [0.29, 0.717) is 0 Å². The molecule has 0 bridgehead atoms. The van der Waals surface area contributed by atoms with Crippen molar-refractivity contribution in [3.63, 3.8) is 0 Å². The van der Waals surface area contributed by atoms with Crippen molar-refractivity contribution in [2.45, 2.75) is 30.7 Å².